The maximum atomic E-state index is 12.5. The number of hydrogen-bond acceptors (Lipinski definition) is 3. The van der Waals surface area contributed by atoms with E-state index in [1.807, 2.05) is 31.3 Å². The lowest BCUT2D eigenvalue weighted by Crippen LogP contribution is -2.38. The molecule has 2 aromatic rings. The molecule has 0 unspecified atom stereocenters. The van der Waals surface area contributed by atoms with Gasteiger partial charge in [-0.2, -0.15) is 0 Å². The first-order valence-corrected chi connectivity index (χ1v) is 7.75. The third-order valence-electron chi connectivity index (χ3n) is 4.18. The van der Waals surface area contributed by atoms with Crippen LogP contribution in [0.15, 0.2) is 48.5 Å². The Bertz CT molecular complexity index is 699. The highest BCUT2D eigenvalue weighted by molar-refractivity contribution is 5.94. The number of carbonyl (C=O) groups is 1. The van der Waals surface area contributed by atoms with Gasteiger partial charge in [0.05, 0.1) is 19.8 Å². The molecule has 0 aromatic heterocycles. The lowest BCUT2D eigenvalue weighted by atomic mass is 9.99. The summed E-state index contributed by atoms with van der Waals surface area (Å²) in [5.74, 6) is 0.665. The summed E-state index contributed by atoms with van der Waals surface area (Å²) in [6, 6.07) is 15.5. The standard InChI is InChI=1S/C19H21NO3/c1-20(19(21)15-8-5-9-17(11-15)22-2)12-18-10-14-6-3-4-7-16(14)13-23-18/h3-9,11,18H,10,12-13H2,1-2H3/t18-/m0/s1. The summed E-state index contributed by atoms with van der Waals surface area (Å²) in [6.45, 7) is 1.19. The molecule has 1 atom stereocenters. The molecule has 2 aromatic carbocycles. The minimum Gasteiger partial charge on any atom is -0.497 e. The van der Waals surface area contributed by atoms with Gasteiger partial charge in [-0.1, -0.05) is 30.3 Å². The summed E-state index contributed by atoms with van der Waals surface area (Å²) >= 11 is 0. The average molecular weight is 311 g/mol. The molecule has 120 valence electrons. The molecule has 0 saturated carbocycles. The van der Waals surface area contributed by atoms with Crippen molar-refractivity contribution in [2.45, 2.75) is 19.1 Å². The largest absolute Gasteiger partial charge is 0.497 e. The van der Waals surface area contributed by atoms with E-state index in [0.717, 1.165) is 6.42 Å². The van der Waals surface area contributed by atoms with Crippen LogP contribution in [0.5, 0.6) is 5.75 Å². The highest BCUT2D eigenvalue weighted by Crippen LogP contribution is 2.21. The van der Waals surface area contributed by atoms with E-state index >= 15 is 0 Å². The van der Waals surface area contributed by atoms with Crippen molar-refractivity contribution >= 4 is 5.91 Å². The molecule has 0 N–H and O–H groups in total. The van der Waals surface area contributed by atoms with Gasteiger partial charge >= 0.3 is 0 Å². The third kappa shape index (κ3) is 3.54. The molecule has 0 fully saturated rings. The van der Waals surface area contributed by atoms with Gasteiger partial charge in [0, 0.05) is 25.6 Å². The van der Waals surface area contributed by atoms with Gasteiger partial charge in [-0.15, -0.1) is 0 Å². The van der Waals surface area contributed by atoms with Crippen LogP contribution >= 0.6 is 0 Å². The number of likely N-dealkylation sites (N-methyl/N-ethyl adjacent to an activating group) is 1. The fourth-order valence-corrected chi connectivity index (χ4v) is 2.89. The van der Waals surface area contributed by atoms with E-state index in [4.69, 9.17) is 9.47 Å². The fourth-order valence-electron chi connectivity index (χ4n) is 2.89. The predicted octanol–water partition coefficient (Wildman–Crippen LogP) is 2.91. The first-order chi connectivity index (χ1) is 11.2. The number of carbonyl (C=O) groups excluding carboxylic acids is 1. The second-order valence-corrected chi connectivity index (χ2v) is 5.82. The van der Waals surface area contributed by atoms with Gasteiger partial charge in [-0.25, -0.2) is 0 Å². The van der Waals surface area contributed by atoms with Crippen molar-refractivity contribution < 1.29 is 14.3 Å². The molecular formula is C19H21NO3. The van der Waals surface area contributed by atoms with Crippen molar-refractivity contribution in [2.24, 2.45) is 0 Å². The molecule has 1 aliphatic rings. The van der Waals surface area contributed by atoms with Gasteiger partial charge in [0.15, 0.2) is 0 Å². The summed E-state index contributed by atoms with van der Waals surface area (Å²) in [4.78, 5) is 14.3. The van der Waals surface area contributed by atoms with E-state index in [-0.39, 0.29) is 12.0 Å². The number of hydrogen-bond donors (Lipinski definition) is 0. The molecule has 1 heterocycles. The zero-order valence-electron chi connectivity index (χ0n) is 13.5. The Labute approximate surface area is 136 Å². The fraction of sp³-hybridized carbons (Fsp3) is 0.316. The van der Waals surface area contributed by atoms with Gasteiger partial charge in [0.25, 0.3) is 5.91 Å². The Morgan fingerprint density at radius 1 is 1.22 bits per heavy atom. The van der Waals surface area contributed by atoms with E-state index in [2.05, 4.69) is 12.1 Å². The molecule has 3 rings (SSSR count). The molecule has 0 saturated heterocycles. The monoisotopic (exact) mass is 311 g/mol. The quantitative estimate of drug-likeness (QED) is 0.871. The van der Waals surface area contributed by atoms with Gasteiger partial charge in [0.2, 0.25) is 0 Å². The predicted molar refractivity (Wildman–Crippen MR) is 88.7 cm³/mol. The van der Waals surface area contributed by atoms with E-state index in [1.165, 1.54) is 11.1 Å². The number of ether oxygens (including phenoxy) is 2. The smallest absolute Gasteiger partial charge is 0.253 e. The number of benzene rings is 2. The van der Waals surface area contributed by atoms with Crippen molar-refractivity contribution in [1.29, 1.82) is 0 Å². The normalized spacial score (nSPS) is 16.5. The molecule has 23 heavy (non-hydrogen) atoms. The molecule has 0 bridgehead atoms. The summed E-state index contributed by atoms with van der Waals surface area (Å²) in [5.41, 5.74) is 3.18. The molecule has 0 aliphatic carbocycles. The maximum Gasteiger partial charge on any atom is 0.253 e. The van der Waals surface area contributed by atoms with Crippen molar-refractivity contribution in [3.05, 3.63) is 65.2 Å². The first kappa shape index (κ1) is 15.6. The second kappa shape index (κ2) is 6.84. The van der Waals surface area contributed by atoms with Crippen molar-refractivity contribution in [3.8, 4) is 5.75 Å². The molecule has 4 heteroatoms. The molecule has 4 nitrogen and oxygen atoms in total. The molecule has 0 spiro atoms. The molecular weight excluding hydrogens is 290 g/mol. The van der Waals surface area contributed by atoms with Gasteiger partial charge < -0.3 is 14.4 Å². The molecule has 1 amide bonds. The lowest BCUT2D eigenvalue weighted by molar-refractivity contribution is 0.00984. The Morgan fingerprint density at radius 3 is 2.78 bits per heavy atom. The van der Waals surface area contributed by atoms with Crippen LogP contribution in [0.4, 0.5) is 0 Å². The Hall–Kier alpha value is -2.33. The summed E-state index contributed by atoms with van der Waals surface area (Å²) in [5, 5.41) is 0. The lowest BCUT2D eigenvalue weighted by Gasteiger charge is -2.29. The van der Waals surface area contributed by atoms with Crippen LogP contribution in [0, 0.1) is 0 Å². The highest BCUT2D eigenvalue weighted by atomic mass is 16.5. The summed E-state index contributed by atoms with van der Waals surface area (Å²) < 4.78 is 11.1. The minimum absolute atomic E-state index is 0.0219. The third-order valence-corrected chi connectivity index (χ3v) is 4.18. The topological polar surface area (TPSA) is 38.8 Å². The van der Waals surface area contributed by atoms with Crippen LogP contribution < -0.4 is 4.74 Å². The van der Waals surface area contributed by atoms with Crippen LogP contribution in [0.2, 0.25) is 0 Å². The minimum atomic E-state index is -0.0219. The van der Waals surface area contributed by atoms with Crippen LogP contribution in [-0.2, 0) is 17.8 Å². The number of nitrogens with zero attached hydrogens (tertiary/aromatic N) is 1. The van der Waals surface area contributed by atoms with Crippen molar-refractivity contribution in [1.82, 2.24) is 4.90 Å². The number of fused-ring (bicyclic) bond motifs is 1. The first-order valence-electron chi connectivity index (χ1n) is 7.75. The Morgan fingerprint density at radius 2 is 2.00 bits per heavy atom. The molecule has 1 aliphatic heterocycles. The second-order valence-electron chi connectivity index (χ2n) is 5.82. The Kier molecular flexibility index (Phi) is 4.63. The van der Waals surface area contributed by atoms with Gasteiger partial charge in [-0.3, -0.25) is 4.79 Å². The van der Waals surface area contributed by atoms with Crippen LogP contribution in [0.3, 0.4) is 0 Å². The maximum absolute atomic E-state index is 12.5. The van der Waals surface area contributed by atoms with Crippen LogP contribution in [0.25, 0.3) is 0 Å². The van der Waals surface area contributed by atoms with Gasteiger partial charge in [-0.05, 0) is 29.3 Å². The zero-order chi connectivity index (χ0) is 16.2. The molecule has 0 radical (unpaired) electrons. The highest BCUT2D eigenvalue weighted by Gasteiger charge is 2.22. The van der Waals surface area contributed by atoms with Crippen molar-refractivity contribution in [2.75, 3.05) is 20.7 Å². The summed E-state index contributed by atoms with van der Waals surface area (Å²) in [6.07, 6.45) is 0.871. The van der Waals surface area contributed by atoms with E-state index in [0.29, 0.717) is 24.5 Å². The van der Waals surface area contributed by atoms with E-state index < -0.39 is 0 Å². The van der Waals surface area contributed by atoms with Crippen LogP contribution in [-0.4, -0.2) is 37.6 Å². The zero-order valence-corrected chi connectivity index (χ0v) is 13.5. The SMILES string of the molecule is COc1cccc(C(=O)N(C)C[C@@H]2Cc3ccccc3CO2)c1. The van der Waals surface area contributed by atoms with E-state index in [1.54, 1.807) is 24.1 Å². The number of amides is 1. The van der Waals surface area contributed by atoms with Crippen molar-refractivity contribution in [3.63, 3.8) is 0 Å². The Balaban J connectivity index is 1.65. The summed E-state index contributed by atoms with van der Waals surface area (Å²) in [7, 11) is 3.41. The average Bonchev–Trinajstić information content (AvgIpc) is 2.61. The number of methoxy groups -OCH3 is 1. The van der Waals surface area contributed by atoms with Crippen LogP contribution in [0.1, 0.15) is 21.5 Å². The van der Waals surface area contributed by atoms with Gasteiger partial charge in [0.1, 0.15) is 5.75 Å². The number of rotatable bonds is 4. The van der Waals surface area contributed by atoms with E-state index in [9.17, 15) is 4.79 Å².